The Bertz CT molecular complexity index is 870. The van der Waals surface area contributed by atoms with Crippen LogP contribution in [0.1, 0.15) is 51.0 Å². The number of phenols is 1. The second-order valence-electron chi connectivity index (χ2n) is 7.24. The molecule has 0 amide bonds. The number of unbranched alkanes of at least 4 members (excludes halogenated alkanes) is 5. The highest BCUT2D eigenvalue weighted by Gasteiger charge is 2.12. The fourth-order valence-electron chi connectivity index (χ4n) is 3.54. The Labute approximate surface area is 168 Å². The maximum Gasteiger partial charge on any atom is 0.169 e. The second kappa shape index (κ2) is 10.6. The van der Waals surface area contributed by atoms with Crippen LogP contribution in [0.25, 0.3) is 11.1 Å². The van der Waals surface area contributed by atoms with E-state index in [4.69, 9.17) is 4.74 Å². The van der Waals surface area contributed by atoms with Crippen molar-refractivity contribution in [2.24, 2.45) is 0 Å². The van der Waals surface area contributed by atoms with Gasteiger partial charge in [-0.2, -0.15) is 0 Å². The Morgan fingerprint density at radius 3 is 2.04 bits per heavy atom. The summed E-state index contributed by atoms with van der Waals surface area (Å²) in [6, 6.07) is 23.7. The summed E-state index contributed by atoms with van der Waals surface area (Å²) in [7, 11) is 0. The van der Waals surface area contributed by atoms with Crippen molar-refractivity contribution in [3.05, 3.63) is 78.4 Å². The van der Waals surface area contributed by atoms with E-state index in [1.165, 1.54) is 49.7 Å². The summed E-state index contributed by atoms with van der Waals surface area (Å²) in [5.41, 5.74) is 3.63. The number of aromatic hydroxyl groups is 1. The highest BCUT2D eigenvalue weighted by Crippen LogP contribution is 2.38. The van der Waals surface area contributed by atoms with Crippen molar-refractivity contribution < 1.29 is 9.84 Å². The van der Waals surface area contributed by atoms with Crippen molar-refractivity contribution in [3.8, 4) is 28.4 Å². The Balaban J connectivity index is 1.78. The fraction of sp³-hybridized carbons (Fsp3) is 0.308. The van der Waals surface area contributed by atoms with E-state index in [9.17, 15) is 5.11 Å². The maximum atomic E-state index is 10.1. The summed E-state index contributed by atoms with van der Waals surface area (Å²) in [5, 5.41) is 10.1. The Morgan fingerprint density at radius 2 is 1.25 bits per heavy atom. The molecular formula is C26H30O2. The molecule has 0 spiro atoms. The van der Waals surface area contributed by atoms with Crippen LogP contribution in [0.5, 0.6) is 17.2 Å². The third-order valence-electron chi connectivity index (χ3n) is 5.08. The van der Waals surface area contributed by atoms with Crippen LogP contribution in [-0.2, 0) is 6.42 Å². The molecule has 0 bridgehead atoms. The number of hydrogen-bond donors (Lipinski definition) is 1. The molecule has 0 aromatic heterocycles. The van der Waals surface area contributed by atoms with Crippen LogP contribution in [0.4, 0.5) is 0 Å². The monoisotopic (exact) mass is 374 g/mol. The van der Waals surface area contributed by atoms with Crippen LogP contribution in [0.15, 0.2) is 72.8 Å². The molecule has 1 N–H and O–H groups in total. The first kappa shape index (κ1) is 20.0. The summed E-state index contributed by atoms with van der Waals surface area (Å²) in [6.45, 7) is 2.25. The molecule has 0 saturated heterocycles. The fourth-order valence-corrected chi connectivity index (χ4v) is 3.54. The Hall–Kier alpha value is -2.74. The van der Waals surface area contributed by atoms with Gasteiger partial charge < -0.3 is 9.84 Å². The molecule has 0 aliphatic heterocycles. The van der Waals surface area contributed by atoms with Gasteiger partial charge in [0.15, 0.2) is 11.5 Å². The summed E-state index contributed by atoms with van der Waals surface area (Å²) in [5.74, 6) is 1.39. The zero-order chi connectivity index (χ0) is 19.6. The molecule has 0 heterocycles. The summed E-state index contributed by atoms with van der Waals surface area (Å²) >= 11 is 0. The Morgan fingerprint density at radius 1 is 0.643 bits per heavy atom. The van der Waals surface area contributed by atoms with Gasteiger partial charge in [0, 0.05) is 5.56 Å². The standard InChI is InChI=1S/C26H30O2/c1-2-3-4-5-6-7-14-21-15-8-9-16-22(21)23-17-10-12-19-25(23)28-26-20-13-11-18-24(26)27/h8-13,15-20,27H,2-7,14H2,1H3. The minimum absolute atomic E-state index is 0.151. The zero-order valence-electron chi connectivity index (χ0n) is 16.7. The van der Waals surface area contributed by atoms with Crippen molar-refractivity contribution in [1.29, 1.82) is 0 Å². The van der Waals surface area contributed by atoms with Crippen LogP contribution in [0, 0.1) is 0 Å². The predicted octanol–water partition coefficient (Wildman–Crippen LogP) is 7.75. The van der Waals surface area contributed by atoms with Gasteiger partial charge in [0.2, 0.25) is 0 Å². The molecular weight excluding hydrogens is 344 g/mol. The van der Waals surface area contributed by atoms with Crippen molar-refractivity contribution in [3.63, 3.8) is 0 Å². The van der Waals surface area contributed by atoms with E-state index >= 15 is 0 Å². The number of ether oxygens (including phenoxy) is 1. The van der Waals surface area contributed by atoms with Gasteiger partial charge in [-0.1, -0.05) is 93.6 Å². The molecule has 0 fully saturated rings. The lowest BCUT2D eigenvalue weighted by molar-refractivity contribution is 0.412. The lowest BCUT2D eigenvalue weighted by Crippen LogP contribution is -1.94. The molecule has 28 heavy (non-hydrogen) atoms. The van der Waals surface area contributed by atoms with E-state index in [-0.39, 0.29) is 5.75 Å². The minimum atomic E-state index is 0.151. The highest BCUT2D eigenvalue weighted by molar-refractivity contribution is 5.74. The van der Waals surface area contributed by atoms with Gasteiger partial charge in [-0.15, -0.1) is 0 Å². The lowest BCUT2D eigenvalue weighted by Gasteiger charge is -2.15. The summed E-state index contributed by atoms with van der Waals surface area (Å²) < 4.78 is 6.07. The van der Waals surface area contributed by atoms with Crippen LogP contribution >= 0.6 is 0 Å². The Kier molecular flexibility index (Phi) is 7.54. The molecule has 3 aromatic rings. The van der Waals surface area contributed by atoms with E-state index in [1.807, 2.05) is 24.3 Å². The first-order valence-corrected chi connectivity index (χ1v) is 10.4. The zero-order valence-corrected chi connectivity index (χ0v) is 16.7. The largest absolute Gasteiger partial charge is 0.504 e. The SMILES string of the molecule is CCCCCCCCc1ccccc1-c1ccccc1Oc1ccccc1O. The second-order valence-corrected chi connectivity index (χ2v) is 7.24. The summed E-state index contributed by atoms with van der Waals surface area (Å²) in [6.07, 6.45) is 8.86. The van der Waals surface area contributed by atoms with Gasteiger partial charge in [0.1, 0.15) is 5.75 Å². The first-order valence-electron chi connectivity index (χ1n) is 10.4. The smallest absolute Gasteiger partial charge is 0.169 e. The van der Waals surface area contributed by atoms with E-state index in [0.717, 1.165) is 17.7 Å². The number of para-hydroxylation sites is 3. The number of aryl methyl sites for hydroxylation is 1. The van der Waals surface area contributed by atoms with Crippen LogP contribution < -0.4 is 4.74 Å². The molecule has 0 radical (unpaired) electrons. The van der Waals surface area contributed by atoms with E-state index in [1.54, 1.807) is 18.2 Å². The van der Waals surface area contributed by atoms with Gasteiger partial charge in [-0.3, -0.25) is 0 Å². The molecule has 0 aliphatic carbocycles. The molecule has 0 aliphatic rings. The van der Waals surface area contributed by atoms with Crippen molar-refractivity contribution in [2.75, 3.05) is 0 Å². The number of hydrogen-bond acceptors (Lipinski definition) is 2. The third kappa shape index (κ3) is 5.39. The number of phenolic OH excluding ortho intramolecular Hbond substituents is 1. The molecule has 0 atom stereocenters. The minimum Gasteiger partial charge on any atom is -0.504 e. The van der Waals surface area contributed by atoms with Gasteiger partial charge in [0.25, 0.3) is 0 Å². The van der Waals surface area contributed by atoms with Crippen LogP contribution in [0.2, 0.25) is 0 Å². The van der Waals surface area contributed by atoms with Crippen molar-refractivity contribution >= 4 is 0 Å². The van der Waals surface area contributed by atoms with Crippen molar-refractivity contribution in [1.82, 2.24) is 0 Å². The van der Waals surface area contributed by atoms with E-state index in [0.29, 0.717) is 5.75 Å². The number of benzene rings is 3. The van der Waals surface area contributed by atoms with Crippen LogP contribution in [0.3, 0.4) is 0 Å². The molecule has 3 rings (SSSR count). The third-order valence-corrected chi connectivity index (χ3v) is 5.08. The normalized spacial score (nSPS) is 10.8. The van der Waals surface area contributed by atoms with Gasteiger partial charge in [-0.05, 0) is 42.2 Å². The summed E-state index contributed by atoms with van der Waals surface area (Å²) in [4.78, 5) is 0. The van der Waals surface area contributed by atoms with Gasteiger partial charge >= 0.3 is 0 Å². The van der Waals surface area contributed by atoms with Crippen molar-refractivity contribution in [2.45, 2.75) is 51.9 Å². The first-order chi connectivity index (χ1) is 13.8. The average Bonchev–Trinajstić information content (AvgIpc) is 2.73. The quantitative estimate of drug-likeness (QED) is 0.367. The molecule has 2 nitrogen and oxygen atoms in total. The molecule has 146 valence electrons. The maximum absolute atomic E-state index is 10.1. The topological polar surface area (TPSA) is 29.5 Å². The van der Waals surface area contributed by atoms with Gasteiger partial charge in [0.05, 0.1) is 0 Å². The average molecular weight is 375 g/mol. The molecule has 3 aromatic carbocycles. The highest BCUT2D eigenvalue weighted by atomic mass is 16.5. The van der Waals surface area contributed by atoms with E-state index in [2.05, 4.69) is 37.3 Å². The number of rotatable bonds is 10. The molecule has 2 heteroatoms. The van der Waals surface area contributed by atoms with Gasteiger partial charge in [-0.25, -0.2) is 0 Å². The predicted molar refractivity (Wildman–Crippen MR) is 117 cm³/mol. The lowest BCUT2D eigenvalue weighted by atomic mass is 9.95. The van der Waals surface area contributed by atoms with E-state index < -0.39 is 0 Å². The molecule has 0 saturated carbocycles. The molecule has 0 unspecified atom stereocenters. The van der Waals surface area contributed by atoms with Crippen LogP contribution in [-0.4, -0.2) is 5.11 Å².